The van der Waals surface area contributed by atoms with Crippen LogP contribution in [0, 0.1) is 5.82 Å². The fraction of sp³-hybridized carbons (Fsp3) is 0.250. The highest BCUT2D eigenvalue weighted by Crippen LogP contribution is 2.31. The quantitative estimate of drug-likeness (QED) is 0.283. The Labute approximate surface area is 229 Å². The van der Waals surface area contributed by atoms with Crippen LogP contribution < -0.4 is 15.4 Å². The summed E-state index contributed by atoms with van der Waals surface area (Å²) in [4.78, 5) is 45.7. The van der Waals surface area contributed by atoms with Crippen molar-refractivity contribution in [2.45, 2.75) is 26.8 Å². The first-order valence-electron chi connectivity index (χ1n) is 12.2. The van der Waals surface area contributed by atoms with Crippen molar-refractivity contribution in [3.8, 4) is 16.9 Å². The van der Waals surface area contributed by atoms with Crippen LogP contribution in [-0.4, -0.2) is 56.2 Å². The Morgan fingerprint density at radius 3 is 2.45 bits per heavy atom. The zero-order valence-electron chi connectivity index (χ0n) is 22.7. The molecule has 2 aromatic heterocycles. The van der Waals surface area contributed by atoms with Gasteiger partial charge in [-0.05, 0) is 51.1 Å². The van der Waals surface area contributed by atoms with E-state index in [9.17, 15) is 19.5 Å². The first kappa shape index (κ1) is 29.6. The maximum atomic E-state index is 15.4. The smallest absolute Gasteiger partial charge is 0.335 e. The van der Waals surface area contributed by atoms with Gasteiger partial charge in [0.2, 0.25) is 0 Å². The van der Waals surface area contributed by atoms with E-state index in [0.717, 1.165) is 12.4 Å². The number of anilines is 1. The lowest BCUT2D eigenvalue weighted by atomic mass is 10.0. The molecular weight excluding hydrogens is 521 g/mol. The molecule has 0 aliphatic heterocycles. The number of nitrogens with zero attached hydrogens (tertiary/aromatic N) is 3. The van der Waals surface area contributed by atoms with Crippen LogP contribution in [0.15, 0.2) is 48.9 Å². The monoisotopic (exact) mass is 551 g/mol. The number of halogens is 1. The standard InChI is InChI=1S/C26H26FN5O5.C2H4O/c1-14(2)29-23(33)13-37-17-5-6-22-19(9-17)20(12-31(22)3)25(34)30-21-8-15(26(35)36)7-18(24(21)27)16-10-28-32(4)11-16;1-2-3/h5-12,14H,13H2,1-4H3,(H,29,33)(H,30,34)(H,35,36);2H,1H3. The molecule has 4 rings (SSSR count). The average Bonchev–Trinajstić information content (AvgIpc) is 3.46. The highest BCUT2D eigenvalue weighted by Gasteiger charge is 2.21. The van der Waals surface area contributed by atoms with Gasteiger partial charge >= 0.3 is 5.97 Å². The van der Waals surface area contributed by atoms with Crippen LogP contribution in [0.3, 0.4) is 0 Å². The molecule has 40 heavy (non-hydrogen) atoms. The van der Waals surface area contributed by atoms with Gasteiger partial charge in [0.05, 0.1) is 23.0 Å². The predicted molar refractivity (Wildman–Crippen MR) is 147 cm³/mol. The van der Waals surface area contributed by atoms with E-state index >= 15 is 4.39 Å². The molecule has 0 saturated carbocycles. The van der Waals surface area contributed by atoms with Gasteiger partial charge in [-0.15, -0.1) is 0 Å². The largest absolute Gasteiger partial charge is 0.484 e. The fourth-order valence-electron chi connectivity index (χ4n) is 3.95. The number of rotatable bonds is 8. The maximum Gasteiger partial charge on any atom is 0.335 e. The van der Waals surface area contributed by atoms with Crippen molar-refractivity contribution < 1.29 is 33.4 Å². The number of aryl methyl sites for hydroxylation is 2. The third-order valence-corrected chi connectivity index (χ3v) is 5.61. The summed E-state index contributed by atoms with van der Waals surface area (Å²) in [5, 5.41) is 19.3. The van der Waals surface area contributed by atoms with Crippen molar-refractivity contribution in [1.29, 1.82) is 0 Å². The van der Waals surface area contributed by atoms with E-state index in [4.69, 9.17) is 9.53 Å². The third-order valence-electron chi connectivity index (χ3n) is 5.61. The van der Waals surface area contributed by atoms with Crippen molar-refractivity contribution >= 4 is 40.7 Å². The number of carboxylic acid groups (broad SMARTS) is 1. The number of aldehydes is 1. The van der Waals surface area contributed by atoms with Gasteiger partial charge in [-0.3, -0.25) is 14.3 Å². The van der Waals surface area contributed by atoms with Gasteiger partial charge in [0.25, 0.3) is 11.8 Å². The maximum absolute atomic E-state index is 15.4. The Morgan fingerprint density at radius 1 is 1.15 bits per heavy atom. The van der Waals surface area contributed by atoms with Crippen molar-refractivity contribution in [2.75, 3.05) is 11.9 Å². The summed E-state index contributed by atoms with van der Waals surface area (Å²) in [6, 6.07) is 7.29. The molecule has 0 aliphatic carbocycles. The summed E-state index contributed by atoms with van der Waals surface area (Å²) >= 11 is 0. The van der Waals surface area contributed by atoms with Crippen molar-refractivity contribution in [2.24, 2.45) is 14.1 Å². The van der Waals surface area contributed by atoms with E-state index < -0.39 is 17.7 Å². The second kappa shape index (κ2) is 12.7. The van der Waals surface area contributed by atoms with Gasteiger partial charge < -0.3 is 29.8 Å². The molecule has 0 unspecified atom stereocenters. The summed E-state index contributed by atoms with van der Waals surface area (Å²) in [6.07, 6.45) is 5.28. The molecule has 0 bridgehead atoms. The lowest BCUT2D eigenvalue weighted by Gasteiger charge is -2.11. The van der Waals surface area contributed by atoms with Gasteiger partial charge in [-0.1, -0.05) is 0 Å². The van der Waals surface area contributed by atoms with Crippen LogP contribution in [0.5, 0.6) is 5.75 Å². The number of amides is 2. The number of carboxylic acids is 1. The van der Waals surface area contributed by atoms with E-state index in [1.807, 2.05) is 13.8 Å². The normalized spacial score (nSPS) is 10.6. The number of hydrogen-bond donors (Lipinski definition) is 3. The number of nitrogens with one attached hydrogen (secondary N) is 2. The molecule has 0 radical (unpaired) electrons. The number of carbonyl (C=O) groups is 4. The predicted octanol–water partition coefficient (Wildman–Crippen LogP) is 3.78. The lowest BCUT2D eigenvalue weighted by Crippen LogP contribution is -2.34. The zero-order valence-corrected chi connectivity index (χ0v) is 22.7. The van der Waals surface area contributed by atoms with E-state index in [1.54, 1.807) is 49.3 Å². The van der Waals surface area contributed by atoms with Gasteiger partial charge in [0, 0.05) is 54.6 Å². The number of fused-ring (bicyclic) bond motifs is 1. The Balaban J connectivity index is 0.00000141. The summed E-state index contributed by atoms with van der Waals surface area (Å²) in [7, 11) is 3.40. The Hall–Kier alpha value is -5.00. The molecule has 210 valence electrons. The molecule has 4 aromatic rings. The van der Waals surface area contributed by atoms with Crippen LogP contribution >= 0.6 is 0 Å². The number of aromatic carboxylic acids is 1. The molecule has 0 spiro atoms. The van der Waals surface area contributed by atoms with Crippen molar-refractivity contribution in [3.63, 3.8) is 0 Å². The third kappa shape index (κ3) is 6.90. The number of ether oxygens (including phenoxy) is 1. The number of hydrogen-bond acceptors (Lipinski definition) is 6. The minimum Gasteiger partial charge on any atom is -0.484 e. The molecular formula is C28H30FN5O6. The molecule has 2 amide bonds. The topological polar surface area (TPSA) is 145 Å². The van der Waals surface area contributed by atoms with Gasteiger partial charge in [0.15, 0.2) is 12.4 Å². The Kier molecular flexibility index (Phi) is 9.38. The first-order chi connectivity index (χ1) is 18.9. The Bertz CT molecular complexity index is 1570. The minimum atomic E-state index is -1.27. The van der Waals surface area contributed by atoms with E-state index in [1.165, 1.54) is 23.9 Å². The second-order valence-electron chi connectivity index (χ2n) is 9.13. The van der Waals surface area contributed by atoms with Crippen LogP contribution in [0.2, 0.25) is 0 Å². The van der Waals surface area contributed by atoms with Crippen LogP contribution in [0.4, 0.5) is 10.1 Å². The van der Waals surface area contributed by atoms with Crippen LogP contribution in [0.25, 0.3) is 22.0 Å². The van der Waals surface area contributed by atoms with Crippen LogP contribution in [-0.2, 0) is 23.7 Å². The summed E-state index contributed by atoms with van der Waals surface area (Å²) < 4.78 is 24.2. The van der Waals surface area contributed by atoms with E-state index in [0.29, 0.717) is 22.2 Å². The summed E-state index contributed by atoms with van der Waals surface area (Å²) in [5.74, 6) is -2.59. The molecule has 12 heteroatoms. The molecule has 0 aliphatic rings. The molecule has 0 fully saturated rings. The van der Waals surface area contributed by atoms with Crippen molar-refractivity contribution in [1.82, 2.24) is 19.7 Å². The Morgan fingerprint density at radius 2 is 1.85 bits per heavy atom. The fourth-order valence-corrected chi connectivity index (χ4v) is 3.95. The molecule has 3 N–H and O–H groups in total. The molecule has 2 aromatic carbocycles. The van der Waals surface area contributed by atoms with E-state index in [2.05, 4.69) is 15.7 Å². The van der Waals surface area contributed by atoms with Crippen molar-refractivity contribution in [3.05, 3.63) is 65.9 Å². The second-order valence-corrected chi connectivity index (χ2v) is 9.13. The SMILES string of the molecule is CC(C)NC(=O)COc1ccc2c(c1)c(C(=O)Nc1cc(C(=O)O)cc(-c3cnn(C)c3)c1F)cn2C.CC=O. The summed E-state index contributed by atoms with van der Waals surface area (Å²) in [5.41, 5.74) is 0.823. The van der Waals surface area contributed by atoms with E-state index in [-0.39, 0.29) is 40.9 Å². The number of carbonyl (C=O) groups excluding carboxylic acids is 3. The highest BCUT2D eigenvalue weighted by molar-refractivity contribution is 6.13. The van der Waals surface area contributed by atoms with Crippen LogP contribution in [0.1, 0.15) is 41.5 Å². The highest BCUT2D eigenvalue weighted by atomic mass is 19.1. The molecule has 0 atom stereocenters. The number of benzene rings is 2. The average molecular weight is 552 g/mol. The molecule has 11 nitrogen and oxygen atoms in total. The molecule has 2 heterocycles. The van der Waals surface area contributed by atoms with Gasteiger partial charge in [-0.2, -0.15) is 5.10 Å². The zero-order chi connectivity index (χ0) is 29.6. The minimum absolute atomic E-state index is 0.00317. The number of aromatic nitrogens is 3. The summed E-state index contributed by atoms with van der Waals surface area (Å²) in [6.45, 7) is 4.93. The lowest BCUT2D eigenvalue weighted by molar-refractivity contribution is -0.123. The van der Waals surface area contributed by atoms with Gasteiger partial charge in [0.1, 0.15) is 12.0 Å². The first-order valence-corrected chi connectivity index (χ1v) is 12.2. The molecule has 0 saturated heterocycles. The van der Waals surface area contributed by atoms with Gasteiger partial charge in [-0.25, -0.2) is 9.18 Å².